The normalized spacial score (nSPS) is 10.8. The smallest absolute Gasteiger partial charge is 0.154 e. The third kappa shape index (κ3) is 2.74. The second-order valence-electron chi connectivity index (χ2n) is 5.99. The molecule has 0 saturated carbocycles. The highest BCUT2D eigenvalue weighted by atomic mass is 15.3. The molecule has 0 radical (unpaired) electrons. The number of hydrogen-bond acceptors (Lipinski definition) is 4. The van der Waals surface area contributed by atoms with E-state index < -0.39 is 0 Å². The largest absolute Gasteiger partial charge is 0.237 e. The van der Waals surface area contributed by atoms with E-state index in [0.29, 0.717) is 5.69 Å². The molecule has 0 atom stereocenters. The maximum atomic E-state index is 9.16. The van der Waals surface area contributed by atoms with Gasteiger partial charge in [0.2, 0.25) is 0 Å². The van der Waals surface area contributed by atoms with Crippen LogP contribution in [-0.2, 0) is 0 Å². The highest BCUT2D eigenvalue weighted by Gasteiger charge is 2.10. The Morgan fingerprint density at radius 1 is 1.00 bits per heavy atom. The van der Waals surface area contributed by atoms with E-state index in [2.05, 4.69) is 21.1 Å². The minimum atomic E-state index is 0.420. The average molecular weight is 325 g/mol. The second kappa shape index (κ2) is 5.84. The molecule has 0 aliphatic rings. The van der Waals surface area contributed by atoms with Gasteiger partial charge in [0.25, 0.3) is 0 Å². The molecule has 4 rings (SSSR count). The quantitative estimate of drug-likeness (QED) is 0.559. The third-order valence-electron chi connectivity index (χ3n) is 4.04. The molecule has 4 aromatic rings. The lowest BCUT2D eigenvalue weighted by Crippen LogP contribution is -2.00. The number of nitriles is 1. The number of rotatable bonds is 2. The maximum absolute atomic E-state index is 9.16. The van der Waals surface area contributed by atoms with Crippen LogP contribution in [0.5, 0.6) is 0 Å². The summed E-state index contributed by atoms with van der Waals surface area (Å²) in [5.74, 6) is 0.780. The lowest BCUT2D eigenvalue weighted by molar-refractivity contribution is 0.867. The molecule has 120 valence electrons. The van der Waals surface area contributed by atoms with E-state index in [9.17, 15) is 0 Å². The van der Waals surface area contributed by atoms with Crippen LogP contribution < -0.4 is 0 Å². The van der Waals surface area contributed by atoms with Gasteiger partial charge in [0.05, 0.1) is 17.4 Å². The lowest BCUT2D eigenvalue weighted by Gasteiger charge is -2.06. The van der Waals surface area contributed by atoms with Crippen LogP contribution in [-0.4, -0.2) is 19.7 Å². The molecule has 5 nitrogen and oxygen atoms in total. The van der Waals surface area contributed by atoms with E-state index in [1.807, 2.05) is 67.2 Å². The molecule has 1 aromatic carbocycles. The van der Waals surface area contributed by atoms with Crippen LogP contribution in [0.1, 0.15) is 17.0 Å². The molecule has 0 saturated heterocycles. The fourth-order valence-corrected chi connectivity index (χ4v) is 2.88. The van der Waals surface area contributed by atoms with Crippen LogP contribution in [0.25, 0.3) is 28.0 Å². The monoisotopic (exact) mass is 325 g/mol. The number of fused-ring (bicyclic) bond motifs is 1. The van der Waals surface area contributed by atoms with Crippen molar-refractivity contribution in [1.29, 1.82) is 5.26 Å². The van der Waals surface area contributed by atoms with Gasteiger partial charge in [-0.05, 0) is 49.7 Å². The lowest BCUT2D eigenvalue weighted by atomic mass is 10.1. The highest BCUT2D eigenvalue weighted by molar-refractivity contribution is 5.85. The first-order chi connectivity index (χ1) is 12.1. The van der Waals surface area contributed by atoms with Gasteiger partial charge in [0.1, 0.15) is 11.8 Å². The molecule has 0 unspecified atom stereocenters. The molecule has 3 aromatic heterocycles. The zero-order valence-electron chi connectivity index (χ0n) is 13.9. The number of pyridine rings is 2. The van der Waals surface area contributed by atoms with Gasteiger partial charge in [-0.3, -0.25) is 0 Å². The molecule has 5 heteroatoms. The van der Waals surface area contributed by atoms with Gasteiger partial charge in [0.15, 0.2) is 5.82 Å². The van der Waals surface area contributed by atoms with Crippen LogP contribution >= 0.6 is 0 Å². The van der Waals surface area contributed by atoms with Gasteiger partial charge >= 0.3 is 0 Å². The molecule has 0 bridgehead atoms. The Labute approximate surface area is 145 Å². The summed E-state index contributed by atoms with van der Waals surface area (Å²) in [6.07, 6.45) is 1.83. The van der Waals surface area contributed by atoms with Gasteiger partial charge < -0.3 is 0 Å². The molecule has 3 heterocycles. The van der Waals surface area contributed by atoms with Crippen molar-refractivity contribution in [2.24, 2.45) is 0 Å². The standard InChI is InChI=1S/C20H15N5/c1-13-8-17(11-21)24-18(9-13)15-6-7-16-12-22-25(19(16)10-15)20-5-3-4-14(2)23-20/h3-10,12H,1-2H3. The number of benzene rings is 1. The predicted octanol–water partition coefficient (Wildman–Crippen LogP) is 3.97. The molecule has 0 amide bonds. The molecular formula is C20H15N5. The van der Waals surface area contributed by atoms with Crippen LogP contribution in [0.3, 0.4) is 0 Å². The molecule has 0 N–H and O–H groups in total. The van der Waals surface area contributed by atoms with Crippen molar-refractivity contribution >= 4 is 10.9 Å². The zero-order chi connectivity index (χ0) is 17.4. The SMILES string of the molecule is Cc1cc(C#N)nc(-c2ccc3cnn(-c4cccc(C)n4)c3c2)c1. The van der Waals surface area contributed by atoms with Crippen molar-refractivity contribution in [2.45, 2.75) is 13.8 Å². The Bertz CT molecular complexity index is 1130. The number of aryl methyl sites for hydroxylation is 2. The fraction of sp³-hybridized carbons (Fsp3) is 0.100. The van der Waals surface area contributed by atoms with E-state index in [0.717, 1.165) is 39.2 Å². The Hall–Kier alpha value is -3.52. The highest BCUT2D eigenvalue weighted by Crippen LogP contribution is 2.25. The van der Waals surface area contributed by atoms with Crippen molar-refractivity contribution in [3.63, 3.8) is 0 Å². The summed E-state index contributed by atoms with van der Waals surface area (Å²) in [5, 5.41) is 14.7. The molecule has 25 heavy (non-hydrogen) atoms. The van der Waals surface area contributed by atoms with Crippen molar-refractivity contribution in [2.75, 3.05) is 0 Å². The van der Waals surface area contributed by atoms with E-state index in [-0.39, 0.29) is 0 Å². The minimum absolute atomic E-state index is 0.420. The van der Waals surface area contributed by atoms with E-state index >= 15 is 0 Å². The van der Waals surface area contributed by atoms with Gasteiger partial charge in [-0.15, -0.1) is 0 Å². The third-order valence-corrected chi connectivity index (χ3v) is 4.04. The first kappa shape index (κ1) is 15.0. The molecule has 0 spiro atoms. The molecular weight excluding hydrogens is 310 g/mol. The summed E-state index contributed by atoms with van der Waals surface area (Å²) in [7, 11) is 0. The van der Waals surface area contributed by atoms with Crippen molar-refractivity contribution in [3.05, 3.63) is 71.7 Å². The summed E-state index contributed by atoms with van der Waals surface area (Å²) in [4.78, 5) is 8.98. The zero-order valence-corrected chi connectivity index (χ0v) is 13.9. The summed E-state index contributed by atoms with van der Waals surface area (Å²) in [5.41, 5.74) is 5.05. The Morgan fingerprint density at radius 3 is 2.68 bits per heavy atom. The van der Waals surface area contributed by atoms with Crippen LogP contribution in [0.15, 0.2) is 54.7 Å². The number of nitrogens with zero attached hydrogens (tertiary/aromatic N) is 5. The summed E-state index contributed by atoms with van der Waals surface area (Å²) in [6.45, 7) is 3.92. The van der Waals surface area contributed by atoms with Gasteiger partial charge in [-0.2, -0.15) is 10.4 Å². The number of hydrogen-bond donors (Lipinski definition) is 0. The average Bonchev–Trinajstić information content (AvgIpc) is 3.04. The summed E-state index contributed by atoms with van der Waals surface area (Å²) >= 11 is 0. The first-order valence-corrected chi connectivity index (χ1v) is 7.95. The van der Waals surface area contributed by atoms with Crippen molar-refractivity contribution < 1.29 is 0 Å². The van der Waals surface area contributed by atoms with Gasteiger partial charge in [-0.25, -0.2) is 14.6 Å². The Balaban J connectivity index is 1.90. The van der Waals surface area contributed by atoms with Gasteiger partial charge in [0, 0.05) is 16.6 Å². The maximum Gasteiger partial charge on any atom is 0.154 e. The molecule has 0 fully saturated rings. The van der Waals surface area contributed by atoms with Gasteiger partial charge in [-0.1, -0.05) is 18.2 Å². The van der Waals surface area contributed by atoms with Crippen molar-refractivity contribution in [1.82, 2.24) is 19.7 Å². The summed E-state index contributed by atoms with van der Waals surface area (Å²) < 4.78 is 1.83. The Kier molecular flexibility index (Phi) is 3.51. The van der Waals surface area contributed by atoms with E-state index in [1.165, 1.54) is 0 Å². The van der Waals surface area contributed by atoms with Crippen LogP contribution in [0.2, 0.25) is 0 Å². The molecule has 0 aliphatic carbocycles. The number of aromatic nitrogens is 4. The van der Waals surface area contributed by atoms with Crippen LogP contribution in [0.4, 0.5) is 0 Å². The fourth-order valence-electron chi connectivity index (χ4n) is 2.88. The molecule has 0 aliphatic heterocycles. The minimum Gasteiger partial charge on any atom is -0.237 e. The van der Waals surface area contributed by atoms with Crippen LogP contribution in [0, 0.1) is 25.2 Å². The van der Waals surface area contributed by atoms with Crippen molar-refractivity contribution in [3.8, 4) is 23.1 Å². The second-order valence-corrected chi connectivity index (χ2v) is 5.99. The predicted molar refractivity (Wildman–Crippen MR) is 96.3 cm³/mol. The summed E-state index contributed by atoms with van der Waals surface area (Å²) in [6, 6.07) is 17.8. The topological polar surface area (TPSA) is 67.4 Å². The Morgan fingerprint density at radius 2 is 1.88 bits per heavy atom. The van der Waals surface area contributed by atoms with E-state index in [4.69, 9.17) is 5.26 Å². The van der Waals surface area contributed by atoms with E-state index in [1.54, 1.807) is 6.07 Å². The first-order valence-electron chi connectivity index (χ1n) is 7.95.